The maximum Gasteiger partial charge on any atom is 0.0575 e. The van der Waals surface area contributed by atoms with Crippen molar-refractivity contribution in [3.63, 3.8) is 0 Å². The molecule has 1 atom stereocenters. The number of rotatable bonds is 10. The van der Waals surface area contributed by atoms with E-state index < -0.39 is 0 Å². The van der Waals surface area contributed by atoms with Crippen LogP contribution in [0, 0.1) is 5.92 Å². The van der Waals surface area contributed by atoms with Crippen LogP contribution in [0.3, 0.4) is 0 Å². The van der Waals surface area contributed by atoms with Gasteiger partial charge in [-0.25, -0.2) is 0 Å². The molecular formula is C15H32N2O. The molecule has 1 fully saturated rings. The van der Waals surface area contributed by atoms with Gasteiger partial charge in [0.2, 0.25) is 0 Å². The summed E-state index contributed by atoms with van der Waals surface area (Å²) in [6.45, 7) is 10.0. The third-order valence-electron chi connectivity index (χ3n) is 3.41. The summed E-state index contributed by atoms with van der Waals surface area (Å²) in [5, 5.41) is 6.98. The summed E-state index contributed by atoms with van der Waals surface area (Å²) in [4.78, 5) is 0. The van der Waals surface area contributed by atoms with Crippen molar-refractivity contribution in [2.45, 2.75) is 58.5 Å². The van der Waals surface area contributed by atoms with Gasteiger partial charge in [0.05, 0.1) is 6.10 Å². The van der Waals surface area contributed by atoms with Gasteiger partial charge in [-0.05, 0) is 70.6 Å². The fourth-order valence-electron chi connectivity index (χ4n) is 2.34. The van der Waals surface area contributed by atoms with Gasteiger partial charge in [-0.1, -0.05) is 13.8 Å². The van der Waals surface area contributed by atoms with E-state index in [2.05, 4.69) is 24.5 Å². The van der Waals surface area contributed by atoms with Crippen molar-refractivity contribution in [3.05, 3.63) is 0 Å². The third kappa shape index (κ3) is 8.90. The van der Waals surface area contributed by atoms with Crippen molar-refractivity contribution in [1.82, 2.24) is 10.6 Å². The van der Waals surface area contributed by atoms with Crippen molar-refractivity contribution < 1.29 is 4.74 Å². The summed E-state index contributed by atoms with van der Waals surface area (Å²) in [5.74, 6) is 0.758. The van der Waals surface area contributed by atoms with E-state index in [0.717, 1.165) is 38.7 Å². The van der Waals surface area contributed by atoms with Crippen LogP contribution in [0.15, 0.2) is 0 Å². The van der Waals surface area contributed by atoms with Crippen molar-refractivity contribution in [2.24, 2.45) is 5.92 Å². The Balaban J connectivity index is 1.75. The summed E-state index contributed by atoms with van der Waals surface area (Å²) >= 11 is 0. The fraction of sp³-hybridized carbons (Fsp3) is 1.00. The van der Waals surface area contributed by atoms with Crippen LogP contribution in [0.5, 0.6) is 0 Å². The van der Waals surface area contributed by atoms with E-state index in [1.165, 1.54) is 38.5 Å². The lowest BCUT2D eigenvalue weighted by Gasteiger charge is -2.22. The highest BCUT2D eigenvalue weighted by molar-refractivity contribution is 4.64. The van der Waals surface area contributed by atoms with Gasteiger partial charge in [0.15, 0.2) is 0 Å². The molecule has 1 unspecified atom stereocenters. The minimum absolute atomic E-state index is 0.549. The predicted molar refractivity (Wildman–Crippen MR) is 78.0 cm³/mol. The minimum atomic E-state index is 0.549. The van der Waals surface area contributed by atoms with Gasteiger partial charge >= 0.3 is 0 Å². The van der Waals surface area contributed by atoms with Crippen LogP contribution in [0.4, 0.5) is 0 Å². The Labute approximate surface area is 113 Å². The van der Waals surface area contributed by atoms with E-state index in [0.29, 0.717) is 6.10 Å². The van der Waals surface area contributed by atoms with E-state index in [1.807, 2.05) is 0 Å². The van der Waals surface area contributed by atoms with Crippen LogP contribution in [-0.2, 0) is 4.74 Å². The van der Waals surface area contributed by atoms with Crippen LogP contribution in [0.1, 0.15) is 52.4 Å². The van der Waals surface area contributed by atoms with E-state index in [1.54, 1.807) is 0 Å². The first kappa shape index (κ1) is 15.9. The van der Waals surface area contributed by atoms with Crippen molar-refractivity contribution in [1.29, 1.82) is 0 Å². The van der Waals surface area contributed by atoms with Crippen LogP contribution in [0.2, 0.25) is 0 Å². The Morgan fingerprint density at radius 1 is 1.06 bits per heavy atom. The molecule has 18 heavy (non-hydrogen) atoms. The Hall–Kier alpha value is -0.120. The smallest absolute Gasteiger partial charge is 0.0575 e. The molecular weight excluding hydrogens is 224 g/mol. The number of hydrogen-bond acceptors (Lipinski definition) is 3. The zero-order valence-corrected chi connectivity index (χ0v) is 12.3. The van der Waals surface area contributed by atoms with Crippen molar-refractivity contribution in [3.8, 4) is 0 Å². The summed E-state index contributed by atoms with van der Waals surface area (Å²) in [6.07, 6.45) is 8.17. The Morgan fingerprint density at radius 2 is 1.83 bits per heavy atom. The zero-order chi connectivity index (χ0) is 13.1. The SMILES string of the molecule is CC(C)CNCCCNCCCC1CCCCO1. The standard InChI is InChI=1S/C15H32N2O/c1-14(2)13-17-11-6-10-16-9-5-8-15-7-3-4-12-18-15/h14-17H,3-13H2,1-2H3. The lowest BCUT2D eigenvalue weighted by molar-refractivity contribution is 0.0102. The normalized spacial score (nSPS) is 20.5. The first-order chi connectivity index (χ1) is 8.79. The summed E-state index contributed by atoms with van der Waals surface area (Å²) < 4.78 is 5.72. The van der Waals surface area contributed by atoms with E-state index in [-0.39, 0.29) is 0 Å². The molecule has 0 aromatic carbocycles. The largest absolute Gasteiger partial charge is 0.378 e. The van der Waals surface area contributed by atoms with Crippen LogP contribution >= 0.6 is 0 Å². The summed E-state index contributed by atoms with van der Waals surface area (Å²) in [6, 6.07) is 0. The maximum absolute atomic E-state index is 5.72. The highest BCUT2D eigenvalue weighted by Crippen LogP contribution is 2.16. The fourth-order valence-corrected chi connectivity index (χ4v) is 2.34. The highest BCUT2D eigenvalue weighted by atomic mass is 16.5. The molecule has 0 radical (unpaired) electrons. The maximum atomic E-state index is 5.72. The average Bonchev–Trinajstić information content (AvgIpc) is 2.37. The van der Waals surface area contributed by atoms with E-state index in [9.17, 15) is 0 Å². The summed E-state index contributed by atoms with van der Waals surface area (Å²) in [7, 11) is 0. The van der Waals surface area contributed by atoms with Gasteiger partial charge in [0, 0.05) is 6.61 Å². The molecule has 0 aromatic heterocycles. The Morgan fingerprint density at radius 3 is 2.56 bits per heavy atom. The molecule has 1 heterocycles. The first-order valence-electron chi connectivity index (χ1n) is 7.82. The molecule has 0 saturated carbocycles. The monoisotopic (exact) mass is 256 g/mol. The van der Waals surface area contributed by atoms with Gasteiger partial charge < -0.3 is 15.4 Å². The molecule has 0 spiro atoms. The molecule has 1 aliphatic rings. The molecule has 0 aliphatic carbocycles. The van der Waals surface area contributed by atoms with Crippen LogP contribution in [0.25, 0.3) is 0 Å². The molecule has 2 N–H and O–H groups in total. The first-order valence-corrected chi connectivity index (χ1v) is 7.82. The van der Waals surface area contributed by atoms with Crippen molar-refractivity contribution >= 4 is 0 Å². The third-order valence-corrected chi connectivity index (χ3v) is 3.41. The molecule has 1 saturated heterocycles. The van der Waals surface area contributed by atoms with E-state index >= 15 is 0 Å². The van der Waals surface area contributed by atoms with Crippen molar-refractivity contribution in [2.75, 3.05) is 32.8 Å². The molecule has 1 aliphatic heterocycles. The predicted octanol–water partition coefficient (Wildman–Crippen LogP) is 2.56. The topological polar surface area (TPSA) is 33.3 Å². The molecule has 1 rings (SSSR count). The molecule has 0 aromatic rings. The number of hydrogen-bond donors (Lipinski definition) is 2. The number of nitrogens with one attached hydrogen (secondary N) is 2. The molecule has 0 amide bonds. The lowest BCUT2D eigenvalue weighted by Crippen LogP contribution is -2.26. The van der Waals surface area contributed by atoms with Gasteiger partial charge in [0.1, 0.15) is 0 Å². The van der Waals surface area contributed by atoms with Gasteiger partial charge in [-0.2, -0.15) is 0 Å². The zero-order valence-electron chi connectivity index (χ0n) is 12.3. The van der Waals surface area contributed by atoms with Crippen LogP contribution < -0.4 is 10.6 Å². The van der Waals surface area contributed by atoms with Gasteiger partial charge in [-0.3, -0.25) is 0 Å². The second-order valence-corrected chi connectivity index (χ2v) is 5.83. The lowest BCUT2D eigenvalue weighted by atomic mass is 10.0. The summed E-state index contributed by atoms with van der Waals surface area (Å²) in [5.41, 5.74) is 0. The van der Waals surface area contributed by atoms with Gasteiger partial charge in [-0.15, -0.1) is 0 Å². The minimum Gasteiger partial charge on any atom is -0.378 e. The Bertz CT molecular complexity index is 179. The average molecular weight is 256 g/mol. The Kier molecular flexibility index (Phi) is 9.54. The highest BCUT2D eigenvalue weighted by Gasteiger charge is 2.12. The van der Waals surface area contributed by atoms with Crippen LogP contribution in [-0.4, -0.2) is 38.9 Å². The molecule has 0 bridgehead atoms. The van der Waals surface area contributed by atoms with Gasteiger partial charge in [0.25, 0.3) is 0 Å². The van der Waals surface area contributed by atoms with E-state index in [4.69, 9.17) is 4.74 Å². The number of ether oxygens (including phenoxy) is 1. The quantitative estimate of drug-likeness (QED) is 0.589. The second kappa shape index (κ2) is 10.8. The molecule has 108 valence electrons. The molecule has 3 nitrogen and oxygen atoms in total. The molecule has 3 heteroatoms. The second-order valence-electron chi connectivity index (χ2n) is 5.83.